The largest absolute Gasteiger partial charge is 0.294 e. The Morgan fingerprint density at radius 2 is 2.55 bits per heavy atom. The molecule has 2 heterocycles. The Morgan fingerprint density at radius 3 is 3.27 bits per heavy atom. The molecule has 0 saturated heterocycles. The van der Waals surface area contributed by atoms with Crippen molar-refractivity contribution >= 4 is 32.2 Å². The number of hydrogen-bond donors (Lipinski definition) is 0. The van der Waals surface area contributed by atoms with E-state index < -0.39 is 0 Å². The van der Waals surface area contributed by atoms with Crippen LogP contribution in [0.5, 0.6) is 0 Å². The van der Waals surface area contributed by atoms with Gasteiger partial charge in [0.15, 0.2) is 4.96 Å². The lowest BCUT2D eigenvalue weighted by atomic mass is 10.4. The molecule has 0 spiro atoms. The van der Waals surface area contributed by atoms with E-state index in [1.54, 1.807) is 11.3 Å². The maximum atomic E-state index is 4.40. The Labute approximate surface area is 77.0 Å². The van der Waals surface area contributed by atoms with Crippen molar-refractivity contribution in [1.29, 1.82) is 0 Å². The van der Waals surface area contributed by atoms with Gasteiger partial charge in [-0.05, 0) is 6.92 Å². The molecule has 0 aliphatic carbocycles. The first-order chi connectivity index (χ1) is 5.33. The zero-order valence-corrected chi connectivity index (χ0v) is 8.44. The van der Waals surface area contributed by atoms with Crippen molar-refractivity contribution in [2.45, 2.75) is 12.3 Å². The smallest absolute Gasteiger partial charge is 0.194 e. The summed E-state index contributed by atoms with van der Waals surface area (Å²) in [5, 5.41) is 2.92. The maximum Gasteiger partial charge on any atom is 0.194 e. The molecule has 4 heteroatoms. The molecule has 2 aromatic heterocycles. The van der Waals surface area contributed by atoms with E-state index in [1.807, 2.05) is 12.3 Å². The van der Waals surface area contributed by atoms with Crippen LogP contribution < -0.4 is 0 Å². The average molecular weight is 231 g/mol. The molecule has 0 bridgehead atoms. The highest BCUT2D eigenvalue weighted by Crippen LogP contribution is 2.18. The van der Waals surface area contributed by atoms with Crippen LogP contribution in [0.4, 0.5) is 0 Å². The minimum Gasteiger partial charge on any atom is -0.294 e. The van der Waals surface area contributed by atoms with Crippen LogP contribution in [0.3, 0.4) is 0 Å². The van der Waals surface area contributed by atoms with Crippen LogP contribution in [0.1, 0.15) is 11.4 Å². The van der Waals surface area contributed by atoms with Crippen molar-refractivity contribution in [2.24, 2.45) is 0 Å². The van der Waals surface area contributed by atoms with Crippen molar-refractivity contribution in [3.8, 4) is 0 Å². The van der Waals surface area contributed by atoms with Crippen LogP contribution in [-0.4, -0.2) is 9.38 Å². The van der Waals surface area contributed by atoms with E-state index in [4.69, 9.17) is 0 Å². The van der Waals surface area contributed by atoms with Gasteiger partial charge in [-0.1, -0.05) is 15.9 Å². The highest BCUT2D eigenvalue weighted by atomic mass is 79.9. The van der Waals surface area contributed by atoms with Crippen molar-refractivity contribution in [3.05, 3.63) is 23.0 Å². The summed E-state index contributed by atoms with van der Waals surface area (Å²) >= 11 is 5.11. The van der Waals surface area contributed by atoms with Crippen LogP contribution in [0, 0.1) is 6.92 Å². The van der Waals surface area contributed by atoms with E-state index in [1.165, 1.54) is 5.69 Å². The van der Waals surface area contributed by atoms with Crippen molar-refractivity contribution < 1.29 is 0 Å². The second kappa shape index (κ2) is 2.60. The molecule has 0 atom stereocenters. The number of fused-ring (bicyclic) bond motifs is 1. The molecule has 0 aliphatic heterocycles. The molecule has 0 fully saturated rings. The lowest BCUT2D eigenvalue weighted by molar-refractivity contribution is 1.10. The van der Waals surface area contributed by atoms with Gasteiger partial charge in [0.05, 0.1) is 11.4 Å². The normalized spacial score (nSPS) is 11.1. The minimum absolute atomic E-state index is 0.872. The van der Waals surface area contributed by atoms with Crippen LogP contribution in [0.25, 0.3) is 4.96 Å². The monoisotopic (exact) mass is 230 g/mol. The van der Waals surface area contributed by atoms with Gasteiger partial charge in [-0.2, -0.15) is 0 Å². The Kier molecular flexibility index (Phi) is 1.73. The molecule has 0 N–H and O–H groups in total. The molecule has 11 heavy (non-hydrogen) atoms. The highest BCUT2D eigenvalue weighted by Gasteiger charge is 2.06. The lowest BCUT2D eigenvalue weighted by Crippen LogP contribution is -1.85. The van der Waals surface area contributed by atoms with Crippen LogP contribution in [-0.2, 0) is 5.33 Å². The van der Waals surface area contributed by atoms with Crippen LogP contribution >= 0.6 is 27.3 Å². The maximum absolute atomic E-state index is 4.40. The lowest BCUT2D eigenvalue weighted by Gasteiger charge is -1.91. The molecule has 0 amide bonds. The highest BCUT2D eigenvalue weighted by molar-refractivity contribution is 9.08. The third kappa shape index (κ3) is 1.01. The van der Waals surface area contributed by atoms with Gasteiger partial charge in [0.2, 0.25) is 0 Å². The molecule has 2 rings (SSSR count). The summed E-state index contributed by atoms with van der Waals surface area (Å²) in [6.07, 6.45) is 2.05. The molecular weight excluding hydrogens is 224 g/mol. The van der Waals surface area contributed by atoms with Crippen molar-refractivity contribution in [3.63, 3.8) is 0 Å². The fraction of sp³-hybridized carbons (Fsp3) is 0.286. The fourth-order valence-corrected chi connectivity index (χ4v) is 2.56. The van der Waals surface area contributed by atoms with Gasteiger partial charge >= 0.3 is 0 Å². The number of imidazole rings is 1. The number of halogens is 1. The molecule has 0 unspecified atom stereocenters. The topological polar surface area (TPSA) is 17.3 Å². The zero-order chi connectivity index (χ0) is 7.84. The number of alkyl halides is 1. The number of rotatable bonds is 1. The Bertz CT molecular complexity index is 377. The van der Waals surface area contributed by atoms with E-state index in [0.717, 1.165) is 16.0 Å². The summed E-state index contributed by atoms with van der Waals surface area (Å²) in [5.74, 6) is 0. The number of nitrogens with zero attached hydrogens (tertiary/aromatic N) is 2. The van der Waals surface area contributed by atoms with Gasteiger partial charge in [-0.25, -0.2) is 4.98 Å². The van der Waals surface area contributed by atoms with Gasteiger partial charge in [0.25, 0.3) is 0 Å². The molecule has 0 aliphatic rings. The Balaban J connectivity index is 2.80. The van der Waals surface area contributed by atoms with Gasteiger partial charge in [-0.15, -0.1) is 11.3 Å². The molecule has 58 valence electrons. The van der Waals surface area contributed by atoms with Crippen LogP contribution in [0.2, 0.25) is 0 Å². The third-order valence-electron chi connectivity index (χ3n) is 1.69. The third-order valence-corrected chi connectivity index (χ3v) is 2.98. The van der Waals surface area contributed by atoms with Crippen LogP contribution in [0.15, 0.2) is 11.6 Å². The molecule has 0 radical (unpaired) electrons. The summed E-state index contributed by atoms with van der Waals surface area (Å²) in [6, 6.07) is 0. The molecular formula is C7H7BrN2S. The van der Waals surface area contributed by atoms with Gasteiger partial charge in [-0.3, -0.25) is 4.40 Å². The van der Waals surface area contributed by atoms with E-state index in [9.17, 15) is 0 Å². The van der Waals surface area contributed by atoms with E-state index in [0.29, 0.717) is 0 Å². The number of hydrogen-bond acceptors (Lipinski definition) is 2. The van der Waals surface area contributed by atoms with Gasteiger partial charge in [0.1, 0.15) is 0 Å². The molecule has 0 aromatic carbocycles. The van der Waals surface area contributed by atoms with E-state index >= 15 is 0 Å². The second-order valence-corrected chi connectivity index (χ2v) is 3.77. The summed E-state index contributed by atoms with van der Waals surface area (Å²) < 4.78 is 2.12. The first-order valence-corrected chi connectivity index (χ1v) is 5.30. The van der Waals surface area contributed by atoms with E-state index in [2.05, 4.69) is 31.5 Å². The summed E-state index contributed by atoms with van der Waals surface area (Å²) in [5.41, 5.74) is 2.37. The Morgan fingerprint density at radius 1 is 1.73 bits per heavy atom. The summed E-state index contributed by atoms with van der Waals surface area (Å²) in [4.78, 5) is 5.48. The first-order valence-electron chi connectivity index (χ1n) is 3.30. The number of aryl methyl sites for hydroxylation is 1. The number of aromatic nitrogens is 2. The molecule has 2 aromatic rings. The minimum atomic E-state index is 0.872. The SMILES string of the molecule is Cc1nc2sccn2c1CBr. The quantitative estimate of drug-likeness (QED) is 0.689. The van der Waals surface area contributed by atoms with Crippen molar-refractivity contribution in [2.75, 3.05) is 0 Å². The number of thiazole rings is 1. The first kappa shape index (κ1) is 7.31. The standard InChI is InChI=1S/C7H7BrN2S/c1-5-6(4-8)10-2-3-11-7(10)9-5/h2-3H,4H2,1H3. The van der Waals surface area contributed by atoms with E-state index in [-0.39, 0.29) is 0 Å². The zero-order valence-electron chi connectivity index (χ0n) is 6.04. The fourth-order valence-electron chi connectivity index (χ4n) is 1.10. The van der Waals surface area contributed by atoms with Gasteiger partial charge in [0, 0.05) is 16.9 Å². The van der Waals surface area contributed by atoms with Crippen molar-refractivity contribution in [1.82, 2.24) is 9.38 Å². The average Bonchev–Trinajstić information content (AvgIpc) is 2.46. The second-order valence-electron chi connectivity index (χ2n) is 2.33. The Hall–Kier alpha value is -0.350. The molecule has 2 nitrogen and oxygen atoms in total. The summed E-state index contributed by atoms with van der Waals surface area (Å²) in [7, 11) is 0. The molecule has 0 saturated carbocycles. The predicted molar refractivity (Wildman–Crippen MR) is 50.4 cm³/mol. The predicted octanol–water partition coefficient (Wildman–Crippen LogP) is 2.60. The summed E-state index contributed by atoms with van der Waals surface area (Å²) in [6.45, 7) is 2.04. The van der Waals surface area contributed by atoms with Gasteiger partial charge < -0.3 is 0 Å².